The van der Waals surface area contributed by atoms with Gasteiger partial charge in [-0.3, -0.25) is 11.3 Å². The first-order valence-corrected chi connectivity index (χ1v) is 7.54. The summed E-state index contributed by atoms with van der Waals surface area (Å²) in [4.78, 5) is 0. The molecule has 0 spiro atoms. The van der Waals surface area contributed by atoms with Crippen LogP contribution in [0.5, 0.6) is 5.75 Å². The first-order chi connectivity index (χ1) is 9.74. The summed E-state index contributed by atoms with van der Waals surface area (Å²) in [5.74, 6) is 6.67. The Balaban J connectivity index is 1.96. The lowest BCUT2D eigenvalue weighted by Gasteiger charge is -2.24. The van der Waals surface area contributed by atoms with Crippen molar-refractivity contribution in [3.8, 4) is 5.75 Å². The third kappa shape index (κ3) is 3.93. The molecule has 0 aliphatic heterocycles. The Kier molecular flexibility index (Phi) is 5.80. The Morgan fingerprint density at radius 3 is 2.70 bits per heavy atom. The minimum absolute atomic E-state index is 0.122. The molecule has 0 radical (unpaired) electrons. The summed E-state index contributed by atoms with van der Waals surface area (Å²) in [5.41, 5.74) is 3.38. The molecule has 1 unspecified atom stereocenters. The van der Waals surface area contributed by atoms with E-state index in [0.29, 0.717) is 11.3 Å². The molecule has 1 saturated carbocycles. The van der Waals surface area contributed by atoms with E-state index in [0.717, 1.165) is 18.8 Å². The van der Waals surface area contributed by atoms with Gasteiger partial charge in [-0.25, -0.2) is 4.39 Å². The number of rotatable bonds is 6. The highest BCUT2D eigenvalue weighted by Gasteiger charge is 2.19. The topological polar surface area (TPSA) is 47.3 Å². The predicted molar refractivity (Wildman–Crippen MR) is 78.8 cm³/mol. The van der Waals surface area contributed by atoms with Crippen LogP contribution in [0.3, 0.4) is 0 Å². The maximum atomic E-state index is 14.1. The van der Waals surface area contributed by atoms with E-state index in [9.17, 15) is 4.39 Å². The van der Waals surface area contributed by atoms with E-state index in [2.05, 4.69) is 5.43 Å². The van der Waals surface area contributed by atoms with Crippen molar-refractivity contribution in [1.82, 2.24) is 5.43 Å². The average Bonchev–Trinajstić information content (AvgIpc) is 2.50. The quantitative estimate of drug-likeness (QED) is 0.617. The third-order valence-electron chi connectivity index (χ3n) is 4.37. The molecule has 1 fully saturated rings. The summed E-state index contributed by atoms with van der Waals surface area (Å²) in [6.07, 6.45) is 8.64. The molecule has 0 aromatic heterocycles. The lowest BCUT2D eigenvalue weighted by atomic mass is 9.84. The zero-order valence-electron chi connectivity index (χ0n) is 12.2. The van der Waals surface area contributed by atoms with Crippen LogP contribution >= 0.6 is 0 Å². The monoisotopic (exact) mass is 280 g/mol. The molecule has 0 bridgehead atoms. The van der Waals surface area contributed by atoms with Crippen LogP contribution in [0.4, 0.5) is 4.39 Å². The Hall–Kier alpha value is -1.13. The van der Waals surface area contributed by atoms with Gasteiger partial charge < -0.3 is 4.74 Å². The van der Waals surface area contributed by atoms with Gasteiger partial charge in [0.05, 0.1) is 7.11 Å². The van der Waals surface area contributed by atoms with Crippen molar-refractivity contribution in [2.75, 3.05) is 7.11 Å². The molecule has 1 aromatic carbocycles. The lowest BCUT2D eigenvalue weighted by Crippen LogP contribution is -2.29. The number of halogens is 1. The van der Waals surface area contributed by atoms with Crippen LogP contribution in [0.1, 0.15) is 56.6 Å². The largest absolute Gasteiger partial charge is 0.497 e. The van der Waals surface area contributed by atoms with E-state index in [1.54, 1.807) is 12.1 Å². The minimum atomic E-state index is -0.254. The highest BCUT2D eigenvalue weighted by atomic mass is 19.1. The molecule has 3 N–H and O–H groups in total. The van der Waals surface area contributed by atoms with Gasteiger partial charge in [0.25, 0.3) is 0 Å². The smallest absolute Gasteiger partial charge is 0.131 e. The molecule has 4 heteroatoms. The molecule has 0 saturated heterocycles. The van der Waals surface area contributed by atoms with E-state index in [1.807, 2.05) is 0 Å². The fourth-order valence-corrected chi connectivity index (χ4v) is 3.12. The second-order valence-electron chi connectivity index (χ2n) is 5.69. The van der Waals surface area contributed by atoms with Crippen molar-refractivity contribution in [3.05, 3.63) is 29.6 Å². The van der Waals surface area contributed by atoms with Crippen LogP contribution in [0.2, 0.25) is 0 Å². The summed E-state index contributed by atoms with van der Waals surface area (Å²) in [5, 5.41) is 0. The van der Waals surface area contributed by atoms with Gasteiger partial charge in [0.2, 0.25) is 0 Å². The molecular weight excluding hydrogens is 255 g/mol. The first-order valence-electron chi connectivity index (χ1n) is 7.54. The van der Waals surface area contributed by atoms with Crippen LogP contribution < -0.4 is 16.0 Å². The first kappa shape index (κ1) is 15.3. The molecule has 112 valence electrons. The van der Waals surface area contributed by atoms with Crippen molar-refractivity contribution in [2.45, 2.75) is 51.0 Å². The molecule has 1 atom stereocenters. The normalized spacial score (nSPS) is 17.9. The molecule has 0 amide bonds. The van der Waals surface area contributed by atoms with Crippen LogP contribution in [-0.4, -0.2) is 7.11 Å². The Labute approximate surface area is 120 Å². The average molecular weight is 280 g/mol. The molecule has 3 nitrogen and oxygen atoms in total. The number of nitrogens with one attached hydrogen (secondary N) is 1. The standard InChI is InChI=1S/C16H25FN2O/c1-20-13-8-9-14(15(17)11-13)16(19-18)10-7-12-5-3-2-4-6-12/h8-9,11-12,16,19H,2-7,10,18H2,1H3. The molecule has 1 aliphatic carbocycles. The summed E-state index contributed by atoms with van der Waals surface area (Å²) < 4.78 is 19.1. The number of hydrogen-bond acceptors (Lipinski definition) is 3. The molecule has 1 aromatic rings. The molecular formula is C16H25FN2O. The van der Waals surface area contributed by atoms with Crippen LogP contribution in [0, 0.1) is 11.7 Å². The van der Waals surface area contributed by atoms with Gasteiger partial charge in [-0.05, 0) is 24.8 Å². The zero-order valence-corrected chi connectivity index (χ0v) is 12.2. The maximum Gasteiger partial charge on any atom is 0.131 e. The van der Waals surface area contributed by atoms with Crippen molar-refractivity contribution < 1.29 is 9.13 Å². The molecule has 1 aliphatic rings. The van der Waals surface area contributed by atoms with E-state index < -0.39 is 0 Å². The number of methoxy groups -OCH3 is 1. The van der Waals surface area contributed by atoms with Gasteiger partial charge in [-0.15, -0.1) is 0 Å². The number of hydrazine groups is 1. The highest BCUT2D eigenvalue weighted by Crippen LogP contribution is 2.31. The van der Waals surface area contributed by atoms with Gasteiger partial charge >= 0.3 is 0 Å². The van der Waals surface area contributed by atoms with Gasteiger partial charge in [0, 0.05) is 17.7 Å². The van der Waals surface area contributed by atoms with E-state index in [1.165, 1.54) is 45.3 Å². The third-order valence-corrected chi connectivity index (χ3v) is 4.37. The van der Waals surface area contributed by atoms with Gasteiger partial charge in [0.1, 0.15) is 11.6 Å². The second-order valence-corrected chi connectivity index (χ2v) is 5.69. The van der Waals surface area contributed by atoms with E-state index >= 15 is 0 Å². The summed E-state index contributed by atoms with van der Waals surface area (Å²) in [6.45, 7) is 0. The van der Waals surface area contributed by atoms with Gasteiger partial charge in [0.15, 0.2) is 0 Å². The predicted octanol–water partition coefficient (Wildman–Crippen LogP) is 3.70. The fourth-order valence-electron chi connectivity index (χ4n) is 3.12. The van der Waals surface area contributed by atoms with Crippen LogP contribution in [0.25, 0.3) is 0 Å². The van der Waals surface area contributed by atoms with Crippen molar-refractivity contribution in [2.24, 2.45) is 11.8 Å². The number of ether oxygens (including phenoxy) is 1. The Morgan fingerprint density at radius 1 is 1.35 bits per heavy atom. The summed E-state index contributed by atoms with van der Waals surface area (Å²) >= 11 is 0. The SMILES string of the molecule is COc1ccc(C(CCC2CCCCC2)NN)c(F)c1. The second kappa shape index (κ2) is 7.60. The van der Waals surface area contributed by atoms with Gasteiger partial charge in [-0.1, -0.05) is 38.2 Å². The van der Waals surface area contributed by atoms with E-state index in [4.69, 9.17) is 10.6 Å². The van der Waals surface area contributed by atoms with Crippen molar-refractivity contribution >= 4 is 0 Å². The number of benzene rings is 1. The fraction of sp³-hybridized carbons (Fsp3) is 0.625. The number of hydrogen-bond donors (Lipinski definition) is 2. The maximum absolute atomic E-state index is 14.1. The van der Waals surface area contributed by atoms with Crippen molar-refractivity contribution in [3.63, 3.8) is 0 Å². The van der Waals surface area contributed by atoms with Gasteiger partial charge in [-0.2, -0.15) is 0 Å². The van der Waals surface area contributed by atoms with E-state index in [-0.39, 0.29) is 11.9 Å². The zero-order chi connectivity index (χ0) is 14.4. The van der Waals surface area contributed by atoms with Crippen LogP contribution in [0.15, 0.2) is 18.2 Å². The highest BCUT2D eigenvalue weighted by molar-refractivity contribution is 5.30. The molecule has 2 rings (SSSR count). The minimum Gasteiger partial charge on any atom is -0.497 e. The Bertz CT molecular complexity index is 419. The summed E-state index contributed by atoms with van der Waals surface area (Å²) in [6, 6.07) is 4.84. The van der Waals surface area contributed by atoms with Crippen LogP contribution in [-0.2, 0) is 0 Å². The summed E-state index contributed by atoms with van der Waals surface area (Å²) in [7, 11) is 1.54. The number of nitrogens with two attached hydrogens (primary N) is 1. The Morgan fingerprint density at radius 2 is 2.10 bits per heavy atom. The molecule has 20 heavy (non-hydrogen) atoms. The van der Waals surface area contributed by atoms with Crippen molar-refractivity contribution in [1.29, 1.82) is 0 Å². The lowest BCUT2D eigenvalue weighted by molar-refractivity contribution is 0.313. The molecule has 0 heterocycles.